The van der Waals surface area contributed by atoms with Gasteiger partial charge in [-0.1, -0.05) is 68.0 Å². The number of hydrogen-bond acceptors (Lipinski definition) is 1. The van der Waals surface area contributed by atoms with Gasteiger partial charge >= 0.3 is 6.03 Å². The molecule has 0 aromatic heterocycles. The van der Waals surface area contributed by atoms with Crippen molar-refractivity contribution < 1.29 is 4.79 Å². The molecule has 3 heteroatoms. The minimum atomic E-state index is -0.148. The number of carbonyl (C=O) groups excluding carboxylic acids is 1. The van der Waals surface area contributed by atoms with Crippen LogP contribution in [0, 0.1) is 12.3 Å². The summed E-state index contributed by atoms with van der Waals surface area (Å²) in [5, 5.41) is 2.94. The molecular weight excluding hydrogens is 296 g/mol. The van der Waals surface area contributed by atoms with Crippen LogP contribution in [0.1, 0.15) is 26.2 Å². The van der Waals surface area contributed by atoms with Gasteiger partial charge in [-0.15, -0.1) is 6.42 Å². The topological polar surface area (TPSA) is 32.3 Å². The fourth-order valence-corrected chi connectivity index (χ4v) is 2.23. The number of amides is 2. The molecule has 0 saturated carbocycles. The van der Waals surface area contributed by atoms with Crippen molar-refractivity contribution >= 4 is 6.03 Å². The van der Waals surface area contributed by atoms with E-state index in [1.807, 2.05) is 37.3 Å². The van der Waals surface area contributed by atoms with Crippen LogP contribution in [0.5, 0.6) is 0 Å². The molecular formula is C21H26N2O. The third-order valence-electron chi connectivity index (χ3n) is 3.51. The number of nitrogens with zero attached hydrogens (tertiary/aromatic N) is 1. The highest BCUT2D eigenvalue weighted by Crippen LogP contribution is 2.11. The quantitative estimate of drug-likeness (QED) is 0.600. The predicted octanol–water partition coefficient (Wildman–Crippen LogP) is 4.50. The first kappa shape index (κ1) is 19.3. The van der Waals surface area contributed by atoms with Crippen molar-refractivity contribution in [1.82, 2.24) is 10.2 Å². The van der Waals surface area contributed by atoms with Crippen LogP contribution in [-0.4, -0.2) is 24.0 Å². The molecule has 1 aliphatic heterocycles. The van der Waals surface area contributed by atoms with E-state index in [0.717, 1.165) is 24.8 Å². The number of nitrogens with one attached hydrogen (secondary N) is 1. The van der Waals surface area contributed by atoms with Crippen LogP contribution in [0.3, 0.4) is 0 Å². The summed E-state index contributed by atoms with van der Waals surface area (Å²) in [6.45, 7) is 10.9. The third kappa shape index (κ3) is 6.58. The monoisotopic (exact) mass is 322 g/mol. The predicted molar refractivity (Wildman–Crippen MR) is 102 cm³/mol. The Balaban J connectivity index is 2.87. The summed E-state index contributed by atoms with van der Waals surface area (Å²) in [5.41, 5.74) is 2.27. The zero-order valence-corrected chi connectivity index (χ0v) is 14.4. The molecule has 0 radical (unpaired) electrons. The molecule has 0 atom stereocenters. The summed E-state index contributed by atoms with van der Waals surface area (Å²) in [6, 6.07) is -0.148. The summed E-state index contributed by atoms with van der Waals surface area (Å²) in [4.78, 5) is 14.5. The Morgan fingerprint density at radius 2 is 2.25 bits per heavy atom. The summed E-state index contributed by atoms with van der Waals surface area (Å²) in [6.07, 6.45) is 21.1. The lowest BCUT2D eigenvalue weighted by molar-refractivity contribution is 0.202. The maximum atomic E-state index is 12.7. The van der Waals surface area contributed by atoms with Crippen LogP contribution in [0.2, 0.25) is 0 Å². The molecule has 1 aliphatic rings. The Morgan fingerprint density at radius 3 is 2.92 bits per heavy atom. The average Bonchev–Trinajstić information content (AvgIpc) is 2.58. The molecule has 0 unspecified atom stereocenters. The van der Waals surface area contributed by atoms with Gasteiger partial charge in [0, 0.05) is 18.7 Å². The largest absolute Gasteiger partial charge is 0.324 e. The van der Waals surface area contributed by atoms with E-state index in [4.69, 9.17) is 6.42 Å². The molecule has 126 valence electrons. The van der Waals surface area contributed by atoms with Gasteiger partial charge in [0.05, 0.1) is 5.70 Å². The molecule has 0 aromatic rings. The average molecular weight is 322 g/mol. The van der Waals surface area contributed by atoms with Gasteiger partial charge in [-0.05, 0) is 25.3 Å². The number of rotatable bonds is 4. The first-order chi connectivity index (χ1) is 11.6. The lowest BCUT2D eigenvalue weighted by atomic mass is 10.1. The van der Waals surface area contributed by atoms with Crippen molar-refractivity contribution in [2.45, 2.75) is 26.2 Å². The molecule has 1 N–H and O–H groups in total. The molecule has 2 amide bonds. The SMILES string of the molecule is C#CC(=C/C=C)/C(=C\CC)NC(=O)N1CC/C=C\C=C/C(=C)CC1. The van der Waals surface area contributed by atoms with Crippen LogP contribution >= 0.6 is 0 Å². The van der Waals surface area contributed by atoms with Crippen LogP contribution in [0.15, 0.2) is 72.5 Å². The first-order valence-electron chi connectivity index (χ1n) is 8.19. The minimum absolute atomic E-state index is 0.148. The van der Waals surface area contributed by atoms with Crippen molar-refractivity contribution in [3.63, 3.8) is 0 Å². The highest BCUT2D eigenvalue weighted by atomic mass is 16.2. The summed E-state index contributed by atoms with van der Waals surface area (Å²) >= 11 is 0. The molecule has 1 rings (SSSR count). The van der Waals surface area contributed by atoms with E-state index in [-0.39, 0.29) is 6.03 Å². The lowest BCUT2D eigenvalue weighted by Crippen LogP contribution is -2.41. The Labute approximate surface area is 145 Å². The van der Waals surface area contributed by atoms with Crippen molar-refractivity contribution in [3.05, 3.63) is 72.5 Å². The number of terminal acetylenes is 1. The summed E-state index contributed by atoms with van der Waals surface area (Å²) in [5.74, 6) is 2.60. The first-order valence-corrected chi connectivity index (χ1v) is 8.19. The zero-order chi connectivity index (χ0) is 17.8. The number of allylic oxidation sites excluding steroid dienone is 7. The van der Waals surface area contributed by atoms with Gasteiger partial charge in [0.1, 0.15) is 0 Å². The van der Waals surface area contributed by atoms with Gasteiger partial charge in [0.25, 0.3) is 0 Å². The minimum Gasteiger partial charge on any atom is -0.324 e. The molecule has 0 aliphatic carbocycles. The van der Waals surface area contributed by atoms with Gasteiger partial charge in [-0.2, -0.15) is 0 Å². The van der Waals surface area contributed by atoms with E-state index in [1.54, 1.807) is 17.1 Å². The second kappa shape index (κ2) is 10.9. The summed E-state index contributed by atoms with van der Waals surface area (Å²) < 4.78 is 0. The van der Waals surface area contributed by atoms with Gasteiger partial charge < -0.3 is 10.2 Å². The molecule has 24 heavy (non-hydrogen) atoms. The third-order valence-corrected chi connectivity index (χ3v) is 3.51. The number of carbonyl (C=O) groups is 1. The Bertz CT molecular complexity index is 627. The molecule has 0 aromatic carbocycles. The van der Waals surface area contributed by atoms with E-state index in [9.17, 15) is 4.79 Å². The highest BCUT2D eigenvalue weighted by Gasteiger charge is 2.15. The van der Waals surface area contributed by atoms with Crippen molar-refractivity contribution in [2.75, 3.05) is 13.1 Å². The van der Waals surface area contributed by atoms with Crippen LogP contribution in [0.25, 0.3) is 0 Å². The Kier molecular flexibility index (Phi) is 8.78. The smallest absolute Gasteiger partial charge is 0.321 e. The second-order valence-corrected chi connectivity index (χ2v) is 5.39. The van der Waals surface area contributed by atoms with Gasteiger partial charge in [-0.25, -0.2) is 4.79 Å². The van der Waals surface area contributed by atoms with Crippen molar-refractivity contribution in [3.8, 4) is 12.3 Å². The molecule has 1 heterocycles. The van der Waals surface area contributed by atoms with E-state index in [0.29, 0.717) is 24.4 Å². The van der Waals surface area contributed by atoms with Crippen LogP contribution in [0.4, 0.5) is 4.79 Å². The fraction of sp³-hybridized carbons (Fsp3) is 0.286. The standard InChI is InChI=1S/C21H26N2O/c1-5-12-19(7-3)20(13-6-2)22-21(24)23-16-11-9-8-10-14-18(4)15-17-23/h3,5,8-10,12-14H,1,4,6,11,15-17H2,2H3,(H,22,24)/b9-8-,14-10-,19-12-,20-13+. The molecule has 0 fully saturated rings. The zero-order valence-electron chi connectivity index (χ0n) is 14.4. The number of urea groups is 1. The van der Waals surface area contributed by atoms with Crippen LogP contribution in [-0.2, 0) is 0 Å². The van der Waals surface area contributed by atoms with Crippen LogP contribution < -0.4 is 5.32 Å². The Hall–Kier alpha value is -2.73. The maximum Gasteiger partial charge on any atom is 0.321 e. The molecule has 0 bridgehead atoms. The molecule has 3 nitrogen and oxygen atoms in total. The summed E-state index contributed by atoms with van der Waals surface area (Å²) in [7, 11) is 0. The fourth-order valence-electron chi connectivity index (χ4n) is 2.23. The maximum absolute atomic E-state index is 12.7. The number of hydrogen-bond donors (Lipinski definition) is 1. The van der Waals surface area contributed by atoms with Gasteiger partial charge in [0.15, 0.2) is 0 Å². The second-order valence-electron chi connectivity index (χ2n) is 5.39. The Morgan fingerprint density at radius 1 is 1.46 bits per heavy atom. The van der Waals surface area contributed by atoms with E-state index in [1.165, 1.54) is 0 Å². The molecule has 0 saturated heterocycles. The van der Waals surface area contributed by atoms with Gasteiger partial charge in [0.2, 0.25) is 0 Å². The molecule has 0 spiro atoms. The van der Waals surface area contributed by atoms with Crippen molar-refractivity contribution in [1.29, 1.82) is 0 Å². The highest BCUT2D eigenvalue weighted by molar-refractivity contribution is 5.77. The lowest BCUT2D eigenvalue weighted by Gasteiger charge is -2.24. The van der Waals surface area contributed by atoms with E-state index < -0.39 is 0 Å². The van der Waals surface area contributed by atoms with E-state index in [2.05, 4.69) is 24.4 Å². The van der Waals surface area contributed by atoms with E-state index >= 15 is 0 Å². The normalized spacial score (nSPS) is 19.2. The van der Waals surface area contributed by atoms with Crippen molar-refractivity contribution in [2.24, 2.45) is 0 Å². The van der Waals surface area contributed by atoms with Gasteiger partial charge in [-0.3, -0.25) is 0 Å².